The van der Waals surface area contributed by atoms with Crippen LogP contribution in [0.5, 0.6) is 0 Å². The maximum absolute atomic E-state index is 13.1. The number of hydrogen-bond acceptors (Lipinski definition) is 11. The first-order chi connectivity index (χ1) is 29.4. The van der Waals surface area contributed by atoms with Crippen LogP contribution in [0.4, 0.5) is 0 Å². The number of carbonyl (C=O) groups is 1. The van der Waals surface area contributed by atoms with E-state index in [1.165, 1.54) is 154 Å². The number of amides is 1. The summed E-state index contributed by atoms with van der Waals surface area (Å²) in [6.07, 6.45) is 28.6. The molecular formula is C47H93NO12S. The van der Waals surface area contributed by atoms with Crippen molar-refractivity contribution in [2.75, 3.05) is 13.2 Å². The molecule has 14 heteroatoms. The molecule has 1 heterocycles. The summed E-state index contributed by atoms with van der Waals surface area (Å²) in [6, 6.07) is -1.03. The lowest BCUT2D eigenvalue weighted by atomic mass is 9.99. The average Bonchev–Trinajstić information content (AvgIpc) is 3.23. The normalized spacial score (nSPS) is 21.1. The van der Waals surface area contributed by atoms with Crippen LogP contribution in [0.25, 0.3) is 0 Å². The van der Waals surface area contributed by atoms with Crippen LogP contribution in [0, 0.1) is 0 Å². The molecule has 8 atom stereocenters. The van der Waals surface area contributed by atoms with Gasteiger partial charge >= 0.3 is 10.4 Å². The van der Waals surface area contributed by atoms with Crippen LogP contribution in [-0.2, 0) is 28.9 Å². The number of hydrogen-bond donors (Lipinski definition) is 7. The molecule has 0 aromatic carbocycles. The van der Waals surface area contributed by atoms with Gasteiger partial charge in [-0.25, -0.2) is 4.18 Å². The number of aliphatic hydroxyl groups is 5. The van der Waals surface area contributed by atoms with Crippen molar-refractivity contribution < 1.29 is 57.0 Å². The Labute approximate surface area is 371 Å². The van der Waals surface area contributed by atoms with Crippen LogP contribution in [0.1, 0.15) is 232 Å². The molecule has 1 amide bonds. The number of nitrogens with one attached hydrogen (secondary N) is 1. The van der Waals surface area contributed by atoms with Crippen molar-refractivity contribution in [3.63, 3.8) is 0 Å². The lowest BCUT2D eigenvalue weighted by Crippen LogP contribution is -2.61. The zero-order valence-electron chi connectivity index (χ0n) is 38.6. The summed E-state index contributed by atoms with van der Waals surface area (Å²) in [7, 11) is -5.11. The molecule has 7 N–H and O–H groups in total. The molecule has 0 radical (unpaired) electrons. The van der Waals surface area contributed by atoms with Gasteiger partial charge < -0.3 is 40.3 Å². The molecule has 1 aliphatic rings. The van der Waals surface area contributed by atoms with Crippen LogP contribution in [0.3, 0.4) is 0 Å². The first-order valence-electron chi connectivity index (χ1n) is 25.0. The van der Waals surface area contributed by atoms with E-state index in [4.69, 9.17) is 9.47 Å². The fourth-order valence-electron chi connectivity index (χ4n) is 8.29. The van der Waals surface area contributed by atoms with Gasteiger partial charge in [0.1, 0.15) is 30.5 Å². The van der Waals surface area contributed by atoms with Gasteiger partial charge in [0, 0.05) is 0 Å². The van der Waals surface area contributed by atoms with Crippen molar-refractivity contribution in [1.29, 1.82) is 0 Å². The lowest BCUT2D eigenvalue weighted by molar-refractivity contribution is -0.298. The van der Waals surface area contributed by atoms with Gasteiger partial charge in [-0.2, -0.15) is 8.42 Å². The molecule has 1 fully saturated rings. The van der Waals surface area contributed by atoms with Crippen molar-refractivity contribution >= 4 is 16.3 Å². The highest BCUT2D eigenvalue weighted by Crippen LogP contribution is 2.26. The molecule has 0 aliphatic carbocycles. The molecule has 13 nitrogen and oxygen atoms in total. The van der Waals surface area contributed by atoms with Crippen molar-refractivity contribution in [2.45, 2.75) is 281 Å². The second-order valence-corrected chi connectivity index (χ2v) is 19.0. The number of aliphatic hydroxyl groups excluding tert-OH is 5. The Morgan fingerprint density at radius 3 is 1.31 bits per heavy atom. The first-order valence-corrected chi connectivity index (χ1v) is 26.4. The van der Waals surface area contributed by atoms with Crippen LogP contribution in [-0.4, -0.2) is 107 Å². The third-order valence-electron chi connectivity index (χ3n) is 12.3. The highest BCUT2D eigenvalue weighted by Gasteiger charge is 2.48. The Balaban J connectivity index is 2.47. The van der Waals surface area contributed by atoms with Crippen LogP contribution >= 0.6 is 0 Å². The molecule has 1 aliphatic heterocycles. The quantitative estimate of drug-likeness (QED) is 0.0226. The second-order valence-electron chi connectivity index (χ2n) is 17.9. The van der Waals surface area contributed by atoms with Crippen LogP contribution in [0.15, 0.2) is 0 Å². The second kappa shape index (κ2) is 38.3. The minimum atomic E-state index is -5.11. The minimum Gasteiger partial charge on any atom is -0.394 e. The van der Waals surface area contributed by atoms with Crippen LogP contribution < -0.4 is 5.32 Å². The average molecular weight is 896 g/mol. The Morgan fingerprint density at radius 2 is 0.951 bits per heavy atom. The molecule has 1 rings (SSSR count). The van der Waals surface area contributed by atoms with Gasteiger partial charge in [0.25, 0.3) is 0 Å². The third-order valence-corrected chi connectivity index (χ3v) is 12.7. The van der Waals surface area contributed by atoms with Gasteiger partial charge in [0.15, 0.2) is 6.29 Å². The highest BCUT2D eigenvalue weighted by atomic mass is 32.3. The molecule has 61 heavy (non-hydrogen) atoms. The zero-order valence-corrected chi connectivity index (χ0v) is 39.4. The third kappa shape index (κ3) is 30.8. The smallest absolute Gasteiger partial charge is 0.394 e. The Hall–Kier alpha value is -0.940. The Kier molecular flexibility index (Phi) is 36.5. The summed E-state index contributed by atoms with van der Waals surface area (Å²) in [5.74, 6) is -0.665. The van der Waals surface area contributed by atoms with Crippen molar-refractivity contribution in [1.82, 2.24) is 5.32 Å². The molecule has 0 aromatic heterocycles. The number of ether oxygens (including phenoxy) is 2. The predicted octanol–water partition coefficient (Wildman–Crippen LogP) is 9.14. The van der Waals surface area contributed by atoms with E-state index in [1.807, 2.05) is 0 Å². The standard InChI is InChI=1S/C47H93NO12S/c1-3-5-7-9-11-13-15-17-18-19-20-21-22-24-26-28-30-32-34-36-41(51)46(54)48-39(40(50)35-33-31-29-27-25-23-16-14-12-10-8-6-4-2)38-58-47-44(53)45(60-61(55,56)57)43(52)42(37-49)59-47/h39-45,47,49-53H,3-38H2,1-2H3,(H,48,54)(H,55,56,57). The van der Waals surface area contributed by atoms with Crippen molar-refractivity contribution in [2.24, 2.45) is 0 Å². The van der Waals surface area contributed by atoms with E-state index < -0.39 is 78.5 Å². The summed E-state index contributed by atoms with van der Waals surface area (Å²) in [4.78, 5) is 13.1. The number of carbonyl (C=O) groups excluding carboxylic acids is 1. The summed E-state index contributed by atoms with van der Waals surface area (Å²) >= 11 is 0. The molecular weight excluding hydrogens is 803 g/mol. The Bertz CT molecular complexity index is 1120. The molecule has 0 bridgehead atoms. The molecule has 1 saturated heterocycles. The van der Waals surface area contributed by atoms with Gasteiger partial charge in [-0.3, -0.25) is 9.35 Å². The van der Waals surface area contributed by atoms with Crippen LogP contribution in [0.2, 0.25) is 0 Å². The van der Waals surface area contributed by atoms with E-state index in [9.17, 15) is 43.3 Å². The van der Waals surface area contributed by atoms with E-state index in [1.54, 1.807) is 0 Å². The van der Waals surface area contributed by atoms with E-state index in [0.717, 1.165) is 38.5 Å². The molecule has 8 unspecified atom stereocenters. The fourth-order valence-corrected chi connectivity index (χ4v) is 8.80. The summed E-state index contributed by atoms with van der Waals surface area (Å²) < 4.78 is 47.6. The van der Waals surface area contributed by atoms with E-state index in [2.05, 4.69) is 23.3 Å². The molecule has 0 aromatic rings. The van der Waals surface area contributed by atoms with E-state index in [0.29, 0.717) is 19.3 Å². The van der Waals surface area contributed by atoms with Crippen molar-refractivity contribution in [3.05, 3.63) is 0 Å². The summed E-state index contributed by atoms with van der Waals surface area (Å²) in [5, 5.41) is 55.4. The first kappa shape index (κ1) is 58.1. The minimum absolute atomic E-state index is 0.266. The fraction of sp³-hybridized carbons (Fsp3) is 0.979. The largest absolute Gasteiger partial charge is 0.397 e. The van der Waals surface area contributed by atoms with E-state index in [-0.39, 0.29) is 6.42 Å². The maximum atomic E-state index is 13.1. The van der Waals surface area contributed by atoms with Crippen molar-refractivity contribution in [3.8, 4) is 0 Å². The molecule has 0 spiro atoms. The zero-order chi connectivity index (χ0) is 45.0. The predicted molar refractivity (Wildman–Crippen MR) is 242 cm³/mol. The molecule has 364 valence electrons. The monoisotopic (exact) mass is 896 g/mol. The Morgan fingerprint density at radius 1 is 0.590 bits per heavy atom. The van der Waals surface area contributed by atoms with Gasteiger partial charge in [0.2, 0.25) is 5.91 Å². The number of unbranched alkanes of at least 4 members (excludes halogenated alkanes) is 30. The summed E-state index contributed by atoms with van der Waals surface area (Å²) in [5.41, 5.74) is 0. The topological polar surface area (TPSA) is 212 Å². The summed E-state index contributed by atoms with van der Waals surface area (Å²) in [6.45, 7) is 3.30. The number of rotatable bonds is 43. The van der Waals surface area contributed by atoms with Gasteiger partial charge in [-0.1, -0.05) is 219 Å². The highest BCUT2D eigenvalue weighted by molar-refractivity contribution is 7.80. The molecule has 0 saturated carbocycles. The maximum Gasteiger partial charge on any atom is 0.397 e. The van der Waals surface area contributed by atoms with E-state index >= 15 is 0 Å². The van der Waals surface area contributed by atoms with Gasteiger partial charge in [-0.15, -0.1) is 0 Å². The SMILES string of the molecule is CCCCCCCCCCCCCCCCCCCCCC(O)C(=O)NC(COC1OC(CO)C(O)C(OS(=O)(=O)O)C1O)C(O)CCCCCCCCCCCCCCC. The lowest BCUT2D eigenvalue weighted by Gasteiger charge is -2.41. The van der Waals surface area contributed by atoms with Gasteiger partial charge in [-0.05, 0) is 12.8 Å². The van der Waals surface area contributed by atoms with Gasteiger partial charge in [0.05, 0.1) is 25.4 Å².